The number of ether oxygens (including phenoxy) is 1. The minimum absolute atomic E-state index is 0.248. The molecule has 0 aliphatic carbocycles. The Morgan fingerprint density at radius 3 is 2.83 bits per heavy atom. The number of nitrogens with zero attached hydrogens (tertiary/aromatic N) is 4. The van der Waals surface area contributed by atoms with Crippen molar-refractivity contribution in [1.29, 1.82) is 0 Å². The summed E-state index contributed by atoms with van der Waals surface area (Å²) in [5.74, 6) is 1.38. The first-order valence-corrected chi connectivity index (χ1v) is 5.89. The zero-order chi connectivity index (χ0) is 13.1. The highest BCUT2D eigenvalue weighted by atomic mass is 16.5. The van der Waals surface area contributed by atoms with E-state index in [0.717, 1.165) is 17.8 Å². The Bertz CT molecular complexity index is 537. The summed E-state index contributed by atoms with van der Waals surface area (Å²) < 4.78 is 6.94. The van der Waals surface area contributed by atoms with Crippen LogP contribution in [0.25, 0.3) is 11.4 Å². The van der Waals surface area contributed by atoms with Crippen molar-refractivity contribution >= 4 is 5.69 Å². The van der Waals surface area contributed by atoms with E-state index in [-0.39, 0.29) is 6.04 Å². The van der Waals surface area contributed by atoms with Crippen LogP contribution < -0.4 is 10.5 Å². The van der Waals surface area contributed by atoms with E-state index in [0.29, 0.717) is 11.4 Å². The number of hydrogen-bond acceptors (Lipinski definition) is 5. The first-order valence-electron chi connectivity index (χ1n) is 5.89. The molecule has 0 amide bonds. The highest BCUT2D eigenvalue weighted by Crippen LogP contribution is 2.28. The molecular weight excluding hydrogens is 230 g/mol. The zero-order valence-corrected chi connectivity index (χ0v) is 10.8. The fourth-order valence-corrected chi connectivity index (χ4v) is 1.73. The van der Waals surface area contributed by atoms with Gasteiger partial charge in [0, 0.05) is 5.56 Å². The second kappa shape index (κ2) is 5.03. The summed E-state index contributed by atoms with van der Waals surface area (Å²) in [5, 5.41) is 11.8. The number of nitrogen functional groups attached to an aromatic ring is 1. The lowest BCUT2D eigenvalue weighted by Gasteiger charge is -2.11. The van der Waals surface area contributed by atoms with Crippen LogP contribution in [0.2, 0.25) is 0 Å². The molecule has 1 aromatic heterocycles. The Hall–Kier alpha value is -2.11. The third-order valence-electron chi connectivity index (χ3n) is 2.99. The van der Waals surface area contributed by atoms with Crippen molar-refractivity contribution in [3.63, 3.8) is 0 Å². The summed E-state index contributed by atoms with van der Waals surface area (Å²) >= 11 is 0. The molecule has 0 fully saturated rings. The summed E-state index contributed by atoms with van der Waals surface area (Å²) in [6.45, 7) is 4.17. The van der Waals surface area contributed by atoms with Crippen LogP contribution in [-0.2, 0) is 0 Å². The van der Waals surface area contributed by atoms with Gasteiger partial charge in [0.15, 0.2) is 5.82 Å². The summed E-state index contributed by atoms with van der Waals surface area (Å²) in [7, 11) is 1.59. The second-order valence-corrected chi connectivity index (χ2v) is 4.16. The topological polar surface area (TPSA) is 78.8 Å². The molecule has 0 radical (unpaired) electrons. The van der Waals surface area contributed by atoms with E-state index in [1.54, 1.807) is 11.8 Å². The van der Waals surface area contributed by atoms with Gasteiger partial charge in [-0.05, 0) is 42.0 Å². The number of rotatable bonds is 4. The summed E-state index contributed by atoms with van der Waals surface area (Å²) in [4.78, 5) is 0. The Morgan fingerprint density at radius 2 is 2.22 bits per heavy atom. The van der Waals surface area contributed by atoms with E-state index >= 15 is 0 Å². The third kappa shape index (κ3) is 2.13. The number of hydrogen-bond donors (Lipinski definition) is 1. The van der Waals surface area contributed by atoms with Crippen molar-refractivity contribution in [1.82, 2.24) is 20.2 Å². The molecule has 2 aromatic rings. The SMILES string of the molecule is CCC(C)n1nnnc1-c1ccc(OC)c(N)c1. The van der Waals surface area contributed by atoms with E-state index < -0.39 is 0 Å². The maximum atomic E-state index is 5.89. The average Bonchev–Trinajstić information content (AvgIpc) is 2.86. The molecular formula is C12H17N5O. The monoisotopic (exact) mass is 247 g/mol. The van der Waals surface area contributed by atoms with Crippen LogP contribution in [0.5, 0.6) is 5.75 Å². The van der Waals surface area contributed by atoms with Crippen LogP contribution in [0.3, 0.4) is 0 Å². The van der Waals surface area contributed by atoms with Gasteiger partial charge in [0.2, 0.25) is 0 Å². The molecule has 1 heterocycles. The lowest BCUT2D eigenvalue weighted by atomic mass is 10.1. The molecule has 0 aliphatic heterocycles. The van der Waals surface area contributed by atoms with Gasteiger partial charge >= 0.3 is 0 Å². The Morgan fingerprint density at radius 1 is 1.44 bits per heavy atom. The van der Waals surface area contributed by atoms with Crippen LogP contribution in [0, 0.1) is 0 Å². The average molecular weight is 247 g/mol. The van der Waals surface area contributed by atoms with Crippen molar-refractivity contribution in [3.8, 4) is 17.1 Å². The maximum Gasteiger partial charge on any atom is 0.182 e. The number of nitrogens with two attached hydrogens (primary N) is 1. The van der Waals surface area contributed by atoms with Crippen molar-refractivity contribution < 1.29 is 4.74 Å². The van der Waals surface area contributed by atoms with E-state index in [2.05, 4.69) is 29.4 Å². The van der Waals surface area contributed by atoms with Gasteiger partial charge in [-0.1, -0.05) is 6.92 Å². The molecule has 0 spiro atoms. The van der Waals surface area contributed by atoms with Crippen molar-refractivity contribution in [3.05, 3.63) is 18.2 Å². The van der Waals surface area contributed by atoms with Gasteiger partial charge in [-0.3, -0.25) is 0 Å². The number of benzene rings is 1. The molecule has 96 valence electrons. The molecule has 2 rings (SSSR count). The van der Waals surface area contributed by atoms with E-state index in [4.69, 9.17) is 10.5 Å². The van der Waals surface area contributed by atoms with Crippen molar-refractivity contribution in [2.75, 3.05) is 12.8 Å². The minimum atomic E-state index is 0.248. The smallest absolute Gasteiger partial charge is 0.182 e. The molecule has 6 nitrogen and oxygen atoms in total. The largest absolute Gasteiger partial charge is 0.495 e. The summed E-state index contributed by atoms with van der Waals surface area (Å²) in [6, 6.07) is 5.79. The number of aromatic nitrogens is 4. The van der Waals surface area contributed by atoms with Crippen LogP contribution in [-0.4, -0.2) is 27.3 Å². The van der Waals surface area contributed by atoms with Crippen LogP contribution >= 0.6 is 0 Å². The highest BCUT2D eigenvalue weighted by Gasteiger charge is 2.14. The standard InChI is InChI=1S/C12H17N5O/c1-4-8(2)17-12(14-15-16-17)9-5-6-11(18-3)10(13)7-9/h5-8H,4,13H2,1-3H3. The summed E-state index contributed by atoms with van der Waals surface area (Å²) in [5.41, 5.74) is 7.36. The molecule has 1 aromatic carbocycles. The first-order chi connectivity index (χ1) is 8.67. The van der Waals surface area contributed by atoms with Gasteiger partial charge in [0.1, 0.15) is 5.75 Å². The van der Waals surface area contributed by atoms with E-state index in [1.807, 2.05) is 18.2 Å². The Labute approximate surface area is 106 Å². The fourth-order valence-electron chi connectivity index (χ4n) is 1.73. The molecule has 2 N–H and O–H groups in total. The summed E-state index contributed by atoms with van der Waals surface area (Å²) in [6.07, 6.45) is 0.962. The third-order valence-corrected chi connectivity index (χ3v) is 2.99. The molecule has 18 heavy (non-hydrogen) atoms. The fraction of sp³-hybridized carbons (Fsp3) is 0.417. The lowest BCUT2D eigenvalue weighted by molar-refractivity contribution is 0.417. The zero-order valence-electron chi connectivity index (χ0n) is 10.8. The Kier molecular flexibility index (Phi) is 3.45. The van der Waals surface area contributed by atoms with Crippen molar-refractivity contribution in [2.24, 2.45) is 0 Å². The van der Waals surface area contributed by atoms with Gasteiger partial charge < -0.3 is 10.5 Å². The van der Waals surface area contributed by atoms with Gasteiger partial charge in [0.05, 0.1) is 18.8 Å². The molecule has 1 atom stereocenters. The maximum absolute atomic E-state index is 5.89. The first kappa shape index (κ1) is 12.3. The number of anilines is 1. The van der Waals surface area contributed by atoms with Gasteiger partial charge in [-0.15, -0.1) is 5.10 Å². The Balaban J connectivity index is 2.43. The van der Waals surface area contributed by atoms with Gasteiger partial charge in [-0.2, -0.15) is 0 Å². The molecule has 0 aliphatic rings. The molecule has 0 bridgehead atoms. The number of tetrazole rings is 1. The second-order valence-electron chi connectivity index (χ2n) is 4.16. The predicted molar refractivity (Wildman–Crippen MR) is 69.2 cm³/mol. The molecule has 0 saturated carbocycles. The minimum Gasteiger partial charge on any atom is -0.495 e. The lowest BCUT2D eigenvalue weighted by Crippen LogP contribution is -2.08. The predicted octanol–water partition coefficient (Wildman–Crippen LogP) is 1.90. The normalized spacial score (nSPS) is 12.4. The van der Waals surface area contributed by atoms with Crippen LogP contribution in [0.4, 0.5) is 5.69 Å². The number of methoxy groups -OCH3 is 1. The van der Waals surface area contributed by atoms with Gasteiger partial charge in [0.25, 0.3) is 0 Å². The van der Waals surface area contributed by atoms with Gasteiger partial charge in [-0.25, -0.2) is 4.68 Å². The van der Waals surface area contributed by atoms with Crippen LogP contribution in [0.1, 0.15) is 26.3 Å². The van der Waals surface area contributed by atoms with Crippen LogP contribution in [0.15, 0.2) is 18.2 Å². The van der Waals surface area contributed by atoms with E-state index in [1.165, 1.54) is 0 Å². The quantitative estimate of drug-likeness (QED) is 0.835. The highest BCUT2D eigenvalue weighted by molar-refractivity contribution is 5.66. The molecule has 6 heteroatoms. The molecule has 0 saturated heterocycles. The van der Waals surface area contributed by atoms with Crippen molar-refractivity contribution in [2.45, 2.75) is 26.3 Å². The molecule has 1 unspecified atom stereocenters. The van der Waals surface area contributed by atoms with E-state index in [9.17, 15) is 0 Å².